The third kappa shape index (κ3) is 4.41. The molecule has 0 bridgehead atoms. The molecule has 2 aliphatic heterocycles. The molecule has 1 aromatic rings. The number of benzene rings is 1. The van der Waals surface area contributed by atoms with E-state index in [-0.39, 0.29) is 30.8 Å². The Balaban J connectivity index is 1.71. The van der Waals surface area contributed by atoms with Gasteiger partial charge in [0.2, 0.25) is 0 Å². The van der Waals surface area contributed by atoms with E-state index in [9.17, 15) is 33.1 Å². The van der Waals surface area contributed by atoms with Gasteiger partial charge < -0.3 is 25.8 Å². The molecular weight excluding hydrogens is 454 g/mol. The summed E-state index contributed by atoms with van der Waals surface area (Å²) in [4.78, 5) is 0. The minimum absolute atomic E-state index is 0.159. The molecular formula is C20H25F3NO7P. The van der Waals surface area contributed by atoms with Crippen LogP contribution in [0.15, 0.2) is 18.2 Å². The monoisotopic (exact) mass is 479 g/mol. The number of hydrogen-bond donors (Lipinski definition) is 4. The lowest BCUT2D eigenvalue weighted by Gasteiger charge is -2.38. The molecule has 3 rings (SSSR count). The number of ether oxygens (including phenoxy) is 1. The minimum Gasteiger partial charge on any atom is -0.480 e. The second kappa shape index (κ2) is 8.61. The van der Waals surface area contributed by atoms with Crippen LogP contribution in [0.1, 0.15) is 43.7 Å². The van der Waals surface area contributed by atoms with Crippen molar-refractivity contribution in [1.82, 2.24) is 0 Å². The van der Waals surface area contributed by atoms with Gasteiger partial charge >= 0.3 is 19.3 Å². The lowest BCUT2D eigenvalue weighted by molar-refractivity contribution is -0.290. The van der Waals surface area contributed by atoms with Gasteiger partial charge in [-0.15, -0.1) is 0 Å². The molecule has 178 valence electrons. The average molecular weight is 479 g/mol. The van der Waals surface area contributed by atoms with Crippen LogP contribution < -0.4 is 10.5 Å². The number of rotatable bonds is 10. The summed E-state index contributed by atoms with van der Waals surface area (Å²) >= 11 is 0. The van der Waals surface area contributed by atoms with E-state index in [4.69, 9.17) is 10.5 Å². The van der Waals surface area contributed by atoms with Crippen molar-refractivity contribution in [2.24, 2.45) is 5.73 Å². The molecule has 0 aromatic heterocycles. The molecule has 8 nitrogen and oxygen atoms in total. The first kappa shape index (κ1) is 25.0. The van der Waals surface area contributed by atoms with Crippen molar-refractivity contribution in [3.05, 3.63) is 29.3 Å². The first-order valence-electron chi connectivity index (χ1n) is 10.0. The van der Waals surface area contributed by atoms with E-state index in [2.05, 4.69) is 20.9 Å². The summed E-state index contributed by atoms with van der Waals surface area (Å²) in [6.07, 6.45) is -2.74. The van der Waals surface area contributed by atoms with Crippen LogP contribution in [0.3, 0.4) is 0 Å². The fourth-order valence-electron chi connectivity index (χ4n) is 3.25. The number of halogens is 3. The normalized spacial score (nSPS) is 25.9. The number of alkyl halides is 3. The van der Waals surface area contributed by atoms with Crippen molar-refractivity contribution in [1.29, 1.82) is 0 Å². The van der Waals surface area contributed by atoms with Gasteiger partial charge in [0.15, 0.2) is 0 Å². The van der Waals surface area contributed by atoms with Gasteiger partial charge in [0.1, 0.15) is 12.4 Å². The van der Waals surface area contributed by atoms with Crippen molar-refractivity contribution in [3.8, 4) is 17.6 Å². The molecule has 5 N–H and O–H groups in total. The Bertz CT molecular complexity index is 962. The molecule has 32 heavy (non-hydrogen) atoms. The molecule has 0 saturated carbocycles. The van der Waals surface area contributed by atoms with Crippen LogP contribution in [0.25, 0.3) is 0 Å². The summed E-state index contributed by atoms with van der Waals surface area (Å²) in [6.45, 7) is 0.837. The van der Waals surface area contributed by atoms with E-state index >= 15 is 0 Å². The van der Waals surface area contributed by atoms with Crippen molar-refractivity contribution in [2.75, 3.05) is 13.2 Å². The van der Waals surface area contributed by atoms with Crippen LogP contribution in [-0.2, 0) is 26.2 Å². The quantitative estimate of drug-likeness (QED) is 0.132. The molecule has 1 unspecified atom stereocenters. The van der Waals surface area contributed by atoms with Crippen LogP contribution in [0.2, 0.25) is 0 Å². The highest BCUT2D eigenvalue weighted by atomic mass is 31.2. The first-order valence-corrected chi connectivity index (χ1v) is 11.5. The van der Waals surface area contributed by atoms with Crippen LogP contribution in [0.5, 0.6) is 5.75 Å². The number of aliphatic hydroxyl groups excluding tert-OH is 1. The molecule has 12 heteroatoms. The highest BCUT2D eigenvalue weighted by molar-refractivity contribution is 7.68. The zero-order chi connectivity index (χ0) is 23.8. The molecule has 2 aliphatic rings. The first-order chi connectivity index (χ1) is 14.9. The van der Waals surface area contributed by atoms with Gasteiger partial charge in [-0.05, 0) is 37.0 Å². The SMILES string of the molecule is CCCCC#CCOc1ccc(CCC(N)(CO)C(O)(O)C23OP2(=O)O3)cc1C(F)(F)F. The highest BCUT2D eigenvalue weighted by Crippen LogP contribution is 3.00. The number of hydrogen-bond acceptors (Lipinski definition) is 8. The van der Waals surface area contributed by atoms with Crippen LogP contribution in [-0.4, -0.2) is 45.4 Å². The average Bonchev–Trinajstić information content (AvgIpc) is 3.54. The molecule has 0 radical (unpaired) electrons. The Morgan fingerprint density at radius 2 is 1.91 bits per heavy atom. The molecule has 2 saturated heterocycles. The van der Waals surface area contributed by atoms with Crippen LogP contribution in [0.4, 0.5) is 13.2 Å². The molecule has 2 heterocycles. The Morgan fingerprint density at radius 1 is 1.25 bits per heavy atom. The summed E-state index contributed by atoms with van der Waals surface area (Å²) in [6, 6.07) is 3.38. The number of aryl methyl sites for hydroxylation is 1. The second-order valence-electron chi connectivity index (χ2n) is 7.82. The van der Waals surface area contributed by atoms with E-state index in [0.29, 0.717) is 6.42 Å². The summed E-state index contributed by atoms with van der Waals surface area (Å²) in [5.41, 5.74) is 0.706. The summed E-state index contributed by atoms with van der Waals surface area (Å²) in [7, 11) is -3.60. The van der Waals surface area contributed by atoms with Crippen molar-refractivity contribution >= 4 is 7.60 Å². The standard InChI is InChI=1S/C20H25F3NO7P/c1-2-3-4-5-6-11-29-16-8-7-14(12-15(16)18(21,22)23)9-10-17(24,13-25)19(26,27)20-30-32(20,28)31-20/h7-8,12,25-27H,2-4,9-11,13,24H2,1H3. The van der Waals surface area contributed by atoms with E-state index in [1.807, 2.05) is 6.92 Å². The Hall–Kier alpha value is -1.64. The van der Waals surface area contributed by atoms with Gasteiger partial charge in [-0.3, -0.25) is 13.6 Å². The minimum atomic E-state index is -4.70. The largest absolute Gasteiger partial charge is 0.480 e. The third-order valence-corrected chi connectivity index (χ3v) is 7.37. The van der Waals surface area contributed by atoms with Gasteiger partial charge in [-0.25, -0.2) is 0 Å². The van der Waals surface area contributed by atoms with Crippen molar-refractivity contribution in [2.45, 2.75) is 62.1 Å². The Morgan fingerprint density at radius 3 is 2.44 bits per heavy atom. The lowest BCUT2D eigenvalue weighted by Crippen LogP contribution is -2.68. The maximum absolute atomic E-state index is 13.5. The van der Waals surface area contributed by atoms with Gasteiger partial charge in [0, 0.05) is 6.42 Å². The van der Waals surface area contributed by atoms with Crippen LogP contribution in [0, 0.1) is 11.8 Å². The topological polar surface area (TPSA) is 138 Å². The van der Waals surface area contributed by atoms with E-state index in [0.717, 1.165) is 25.0 Å². The fraction of sp³-hybridized carbons (Fsp3) is 0.600. The number of nitrogens with two attached hydrogens (primary N) is 1. The van der Waals surface area contributed by atoms with Crippen molar-refractivity contribution < 1.29 is 46.8 Å². The zero-order valence-corrected chi connectivity index (χ0v) is 18.2. The van der Waals surface area contributed by atoms with Gasteiger partial charge in [0.05, 0.1) is 17.7 Å². The lowest BCUT2D eigenvalue weighted by atomic mass is 9.84. The van der Waals surface area contributed by atoms with Gasteiger partial charge in [0.25, 0.3) is 5.79 Å². The zero-order valence-electron chi connectivity index (χ0n) is 17.3. The molecule has 0 amide bonds. The molecule has 1 aromatic carbocycles. The van der Waals surface area contributed by atoms with Crippen molar-refractivity contribution in [3.63, 3.8) is 0 Å². The summed E-state index contributed by atoms with van der Waals surface area (Å²) in [5, 5.41) is 30.3. The maximum atomic E-state index is 13.5. The fourth-order valence-corrected chi connectivity index (χ4v) is 5.10. The number of fused-ring (bicyclic) bond motifs is 1. The highest BCUT2D eigenvalue weighted by Gasteiger charge is 3.01. The number of unbranched alkanes of at least 4 members (excludes halogenated alkanes) is 2. The molecule has 0 aliphatic carbocycles. The predicted molar refractivity (Wildman–Crippen MR) is 106 cm³/mol. The summed E-state index contributed by atoms with van der Waals surface area (Å²) in [5.74, 6) is 2.11. The maximum Gasteiger partial charge on any atom is 0.419 e. The predicted octanol–water partition coefficient (Wildman–Crippen LogP) is 2.49. The van der Waals surface area contributed by atoms with Gasteiger partial charge in [-0.1, -0.05) is 31.3 Å². The van der Waals surface area contributed by atoms with E-state index in [1.165, 1.54) is 6.07 Å². The van der Waals surface area contributed by atoms with Crippen LogP contribution >= 0.6 is 7.60 Å². The number of aliphatic hydroxyl groups is 3. The Kier molecular flexibility index (Phi) is 6.73. The Labute approximate surface area is 183 Å². The third-order valence-electron chi connectivity index (χ3n) is 5.49. The second-order valence-corrected chi connectivity index (χ2v) is 9.77. The molecule has 1 atom stereocenters. The molecule has 2 fully saturated rings. The summed E-state index contributed by atoms with van der Waals surface area (Å²) < 4.78 is 66.8. The smallest absolute Gasteiger partial charge is 0.419 e. The van der Waals surface area contributed by atoms with E-state index < -0.39 is 42.8 Å². The van der Waals surface area contributed by atoms with E-state index in [1.54, 1.807) is 0 Å². The van der Waals surface area contributed by atoms with Gasteiger partial charge in [-0.2, -0.15) is 13.2 Å². The molecule has 0 spiro atoms.